The predicted octanol–water partition coefficient (Wildman–Crippen LogP) is 6.15. The average molecular weight is 478 g/mol. The zero-order chi connectivity index (χ0) is 20.7. The largest absolute Gasteiger partial charge is 0.478 e. The van der Waals surface area contributed by atoms with Crippen LogP contribution in [0.2, 0.25) is 0 Å². The van der Waals surface area contributed by atoms with E-state index in [2.05, 4.69) is 21.2 Å². The molecule has 1 amide bonds. The lowest BCUT2D eigenvalue weighted by atomic mass is 10.0. The molecule has 0 saturated carbocycles. The maximum Gasteiger partial charge on any atom is 0.339 e. The Kier molecular flexibility index (Phi) is 4.93. The molecule has 0 unspecified atom stereocenters. The van der Waals surface area contributed by atoms with Crippen molar-refractivity contribution in [1.29, 1.82) is 0 Å². The molecule has 2 heterocycles. The molecule has 0 spiro atoms. The quantitative estimate of drug-likeness (QED) is 0.345. The highest BCUT2D eigenvalue weighted by Crippen LogP contribution is 2.38. The third-order valence-electron chi connectivity index (χ3n) is 4.21. The minimum absolute atomic E-state index is 0.00152. The summed E-state index contributed by atoms with van der Waals surface area (Å²) in [6.07, 6.45) is 0. The van der Waals surface area contributed by atoms with Crippen LogP contribution in [0.5, 0.6) is 0 Å². The number of carboxylic acids is 1. The van der Waals surface area contributed by atoms with E-state index < -0.39 is 23.5 Å². The van der Waals surface area contributed by atoms with E-state index in [0.717, 1.165) is 16.7 Å². The lowest BCUT2D eigenvalue weighted by Gasteiger charge is -2.07. The summed E-state index contributed by atoms with van der Waals surface area (Å²) in [4.78, 5) is 24.3. The third-order valence-corrected chi connectivity index (χ3v) is 5.71. The molecule has 0 atom stereocenters. The number of aromatic carboxylic acids is 1. The van der Waals surface area contributed by atoms with Crippen LogP contribution in [0.4, 0.5) is 13.8 Å². The van der Waals surface area contributed by atoms with Gasteiger partial charge in [0.1, 0.15) is 16.1 Å². The van der Waals surface area contributed by atoms with Crippen LogP contribution in [0.1, 0.15) is 20.9 Å². The van der Waals surface area contributed by atoms with Crippen LogP contribution < -0.4 is 5.32 Å². The van der Waals surface area contributed by atoms with Gasteiger partial charge < -0.3 is 14.8 Å². The first kappa shape index (κ1) is 19.3. The van der Waals surface area contributed by atoms with Crippen molar-refractivity contribution in [3.63, 3.8) is 0 Å². The van der Waals surface area contributed by atoms with Crippen molar-refractivity contribution in [3.8, 4) is 11.1 Å². The maximum absolute atomic E-state index is 14.4. The van der Waals surface area contributed by atoms with E-state index in [-0.39, 0.29) is 31.9 Å². The van der Waals surface area contributed by atoms with Crippen LogP contribution in [0.15, 0.2) is 56.7 Å². The molecule has 2 aromatic carbocycles. The van der Waals surface area contributed by atoms with Crippen molar-refractivity contribution in [3.05, 3.63) is 75.3 Å². The zero-order valence-corrected chi connectivity index (χ0v) is 16.7. The Morgan fingerprint density at radius 1 is 1.07 bits per heavy atom. The molecule has 29 heavy (non-hydrogen) atoms. The number of carboxylic acid groups (broad SMARTS) is 1. The van der Waals surface area contributed by atoms with Crippen molar-refractivity contribution in [2.45, 2.75) is 0 Å². The van der Waals surface area contributed by atoms with Crippen LogP contribution in [-0.4, -0.2) is 17.0 Å². The van der Waals surface area contributed by atoms with Gasteiger partial charge in [0.05, 0.1) is 4.47 Å². The van der Waals surface area contributed by atoms with Crippen molar-refractivity contribution in [2.24, 2.45) is 0 Å². The fraction of sp³-hybridized carbons (Fsp3) is 0. The van der Waals surface area contributed by atoms with Crippen molar-refractivity contribution in [2.75, 3.05) is 5.32 Å². The predicted molar refractivity (Wildman–Crippen MR) is 108 cm³/mol. The van der Waals surface area contributed by atoms with Gasteiger partial charge in [0.15, 0.2) is 17.4 Å². The summed E-state index contributed by atoms with van der Waals surface area (Å²) in [5.74, 6) is -4.35. The molecule has 0 bridgehead atoms. The monoisotopic (exact) mass is 477 g/mol. The zero-order valence-electron chi connectivity index (χ0n) is 14.3. The highest BCUT2D eigenvalue weighted by molar-refractivity contribution is 9.10. The summed E-state index contributed by atoms with van der Waals surface area (Å²) in [5, 5.41) is 14.2. The van der Waals surface area contributed by atoms with Gasteiger partial charge in [-0.1, -0.05) is 24.3 Å². The second kappa shape index (κ2) is 7.41. The number of hydrogen-bond donors (Lipinski definition) is 2. The minimum Gasteiger partial charge on any atom is -0.478 e. The number of carbonyl (C=O) groups is 2. The van der Waals surface area contributed by atoms with Gasteiger partial charge in [0, 0.05) is 21.9 Å². The molecule has 0 saturated heterocycles. The number of benzene rings is 2. The van der Waals surface area contributed by atoms with E-state index in [4.69, 9.17) is 4.42 Å². The number of nitrogens with one attached hydrogen (secondary N) is 1. The molecule has 5 nitrogen and oxygen atoms in total. The lowest BCUT2D eigenvalue weighted by molar-refractivity contribution is 0.0699. The molecule has 4 aromatic rings. The van der Waals surface area contributed by atoms with Crippen LogP contribution in [-0.2, 0) is 0 Å². The number of thiophene rings is 1. The molecule has 0 fully saturated rings. The van der Waals surface area contributed by atoms with E-state index in [1.807, 2.05) is 0 Å². The number of furan rings is 1. The molecule has 2 N–H and O–H groups in total. The first-order valence-electron chi connectivity index (χ1n) is 8.15. The Morgan fingerprint density at radius 3 is 2.55 bits per heavy atom. The normalized spacial score (nSPS) is 11.0. The smallest absolute Gasteiger partial charge is 0.339 e. The van der Waals surface area contributed by atoms with Gasteiger partial charge >= 0.3 is 5.97 Å². The van der Waals surface area contributed by atoms with E-state index >= 15 is 0 Å². The molecule has 2 aromatic heterocycles. The average Bonchev–Trinajstić information content (AvgIpc) is 3.30. The third kappa shape index (κ3) is 3.43. The molecule has 4 rings (SSSR count). The molecule has 146 valence electrons. The second-order valence-corrected chi connectivity index (χ2v) is 7.72. The molecule has 0 aliphatic rings. The number of hydrogen-bond acceptors (Lipinski definition) is 4. The number of fused-ring (bicyclic) bond motifs is 1. The first-order chi connectivity index (χ1) is 13.9. The Hall–Kier alpha value is -3.04. The highest BCUT2D eigenvalue weighted by atomic mass is 79.9. The van der Waals surface area contributed by atoms with Crippen LogP contribution in [0.25, 0.3) is 22.1 Å². The fourth-order valence-corrected chi connectivity index (χ4v) is 4.11. The SMILES string of the molecule is O=C(Nc1scc(-c2ccc(Br)c(F)c2F)c1C(=O)O)c1cc2ccccc2o1. The Labute approximate surface area is 174 Å². The van der Waals surface area contributed by atoms with E-state index in [1.165, 1.54) is 23.6 Å². The molecular formula is C20H10BrF2NO4S. The molecular weight excluding hydrogens is 468 g/mol. The Balaban J connectivity index is 1.73. The number of rotatable bonds is 4. The van der Waals surface area contributed by atoms with Gasteiger partial charge in [-0.3, -0.25) is 4.79 Å². The van der Waals surface area contributed by atoms with Gasteiger partial charge in [-0.15, -0.1) is 11.3 Å². The van der Waals surface area contributed by atoms with E-state index in [1.54, 1.807) is 24.3 Å². The van der Waals surface area contributed by atoms with Gasteiger partial charge in [-0.25, -0.2) is 13.6 Å². The second-order valence-electron chi connectivity index (χ2n) is 5.98. The standard InChI is InChI=1S/C20H10BrF2NO4S/c21-12-6-5-10(16(22)17(12)23)11-8-29-19(15(11)20(26)27)24-18(25)14-7-9-3-1-2-4-13(9)28-14/h1-8H,(H,24,25)(H,26,27). The summed E-state index contributed by atoms with van der Waals surface area (Å²) < 4.78 is 33.6. The van der Waals surface area contributed by atoms with E-state index in [0.29, 0.717) is 5.58 Å². The number of amides is 1. The molecule has 0 aliphatic heterocycles. The lowest BCUT2D eigenvalue weighted by Crippen LogP contribution is -2.12. The molecule has 0 radical (unpaired) electrons. The van der Waals surface area contributed by atoms with Gasteiger partial charge in [-0.05, 0) is 34.1 Å². The number of halogens is 3. The topological polar surface area (TPSA) is 79.5 Å². The Morgan fingerprint density at radius 2 is 1.83 bits per heavy atom. The van der Waals surface area contributed by atoms with Crippen LogP contribution in [0.3, 0.4) is 0 Å². The summed E-state index contributed by atoms with van der Waals surface area (Å²) >= 11 is 3.78. The number of anilines is 1. The van der Waals surface area contributed by atoms with Crippen LogP contribution in [0, 0.1) is 11.6 Å². The first-order valence-corrected chi connectivity index (χ1v) is 9.82. The van der Waals surface area contributed by atoms with Crippen molar-refractivity contribution in [1.82, 2.24) is 0 Å². The highest BCUT2D eigenvalue weighted by Gasteiger charge is 2.25. The molecule has 9 heteroatoms. The van der Waals surface area contributed by atoms with Gasteiger partial charge in [0.25, 0.3) is 5.91 Å². The summed E-state index contributed by atoms with van der Waals surface area (Å²) in [6, 6.07) is 11.1. The Bertz CT molecular complexity index is 1250. The van der Waals surface area contributed by atoms with Gasteiger partial charge in [-0.2, -0.15) is 0 Å². The summed E-state index contributed by atoms with van der Waals surface area (Å²) in [7, 11) is 0. The summed E-state index contributed by atoms with van der Waals surface area (Å²) in [5.41, 5.74) is -0.0784. The van der Waals surface area contributed by atoms with Crippen molar-refractivity contribution >= 4 is 55.1 Å². The minimum atomic E-state index is -1.39. The number of para-hydroxylation sites is 1. The summed E-state index contributed by atoms with van der Waals surface area (Å²) in [6.45, 7) is 0. The molecule has 0 aliphatic carbocycles. The van der Waals surface area contributed by atoms with Gasteiger partial charge in [0.2, 0.25) is 0 Å². The number of carbonyl (C=O) groups excluding carboxylic acids is 1. The fourth-order valence-electron chi connectivity index (χ4n) is 2.85. The van der Waals surface area contributed by atoms with Crippen molar-refractivity contribution < 1.29 is 27.9 Å². The van der Waals surface area contributed by atoms with E-state index in [9.17, 15) is 23.5 Å². The maximum atomic E-state index is 14.4. The van der Waals surface area contributed by atoms with Crippen LogP contribution >= 0.6 is 27.3 Å².